The Hall–Kier alpha value is -0.890. The summed E-state index contributed by atoms with van der Waals surface area (Å²) in [6.07, 6.45) is 4.63. The van der Waals surface area contributed by atoms with Gasteiger partial charge in [0.15, 0.2) is 0 Å². The maximum absolute atomic E-state index is 12.8. The highest BCUT2D eigenvalue weighted by Gasteiger charge is 2.32. The number of hydrogen-bond donors (Lipinski definition) is 1. The van der Waals surface area contributed by atoms with Gasteiger partial charge in [-0.1, -0.05) is 0 Å². The summed E-state index contributed by atoms with van der Waals surface area (Å²) in [6, 6.07) is 2.16. The number of nitrogens with zero attached hydrogens (tertiary/aromatic N) is 2. The van der Waals surface area contributed by atoms with Crippen LogP contribution in [0.5, 0.6) is 0 Å². The second kappa shape index (κ2) is 5.72. The Morgan fingerprint density at radius 2 is 2.19 bits per heavy atom. The molecule has 1 aliphatic heterocycles. The monoisotopic (exact) mass is 313 g/mol. The number of sulfonamides is 1. The van der Waals surface area contributed by atoms with Gasteiger partial charge in [-0.25, -0.2) is 8.42 Å². The molecule has 3 rings (SSSR count). The minimum atomic E-state index is -3.46. The smallest absolute Gasteiger partial charge is 0.244 e. The predicted molar refractivity (Wildman–Crippen MR) is 79.4 cm³/mol. The van der Waals surface area contributed by atoms with Crippen molar-refractivity contribution >= 4 is 10.0 Å². The summed E-state index contributed by atoms with van der Waals surface area (Å²) < 4.78 is 34.8. The van der Waals surface area contributed by atoms with Gasteiger partial charge < -0.3 is 15.0 Å². The van der Waals surface area contributed by atoms with Gasteiger partial charge in [0.05, 0.1) is 6.10 Å². The van der Waals surface area contributed by atoms with Crippen LogP contribution in [-0.4, -0.2) is 43.1 Å². The number of hydrogen-bond acceptors (Lipinski definition) is 4. The fraction of sp³-hybridized carbons (Fsp3) is 0.714. The number of nitrogens with two attached hydrogens (primary N) is 1. The third-order valence-corrected chi connectivity index (χ3v) is 5.94. The van der Waals surface area contributed by atoms with Crippen molar-refractivity contribution in [3.63, 3.8) is 0 Å². The summed E-state index contributed by atoms with van der Waals surface area (Å²) in [7, 11) is -3.46. The van der Waals surface area contributed by atoms with E-state index in [0.717, 1.165) is 25.0 Å². The molecule has 1 aromatic heterocycles. The molecule has 1 aliphatic carbocycles. The molecular formula is C14H23N3O3S. The molecule has 118 valence electrons. The standard InChI is InChI=1S/C14H23N3O3S/c1-11-9-16(5-2-6-20-11)21(18,19)14-7-13(8-15)17(10-14)12-3-4-12/h7,10-12H,2-6,8-9,15H2,1H3. The highest BCUT2D eigenvalue weighted by Crippen LogP contribution is 2.37. The molecule has 1 aromatic rings. The molecule has 0 aromatic carbocycles. The second-order valence-corrected chi connectivity index (χ2v) is 7.85. The van der Waals surface area contributed by atoms with E-state index in [9.17, 15) is 8.42 Å². The van der Waals surface area contributed by atoms with Crippen molar-refractivity contribution in [3.8, 4) is 0 Å². The van der Waals surface area contributed by atoms with Gasteiger partial charge in [-0.05, 0) is 32.3 Å². The lowest BCUT2D eigenvalue weighted by atomic mass is 10.4. The molecule has 0 amide bonds. The van der Waals surface area contributed by atoms with Crippen LogP contribution < -0.4 is 5.73 Å². The van der Waals surface area contributed by atoms with Gasteiger partial charge in [0, 0.05) is 44.2 Å². The zero-order valence-electron chi connectivity index (χ0n) is 12.4. The maximum Gasteiger partial charge on any atom is 0.244 e. The largest absolute Gasteiger partial charge is 0.377 e. The fourth-order valence-corrected chi connectivity index (χ4v) is 4.42. The molecule has 2 heterocycles. The van der Waals surface area contributed by atoms with Crippen molar-refractivity contribution in [1.82, 2.24) is 8.87 Å². The van der Waals surface area contributed by atoms with Crippen LogP contribution in [0.25, 0.3) is 0 Å². The molecule has 6 nitrogen and oxygen atoms in total. The van der Waals surface area contributed by atoms with E-state index in [1.54, 1.807) is 12.3 Å². The average molecular weight is 313 g/mol. The van der Waals surface area contributed by atoms with E-state index in [-0.39, 0.29) is 6.10 Å². The summed E-state index contributed by atoms with van der Waals surface area (Å²) in [5, 5.41) is 0. The zero-order chi connectivity index (χ0) is 15.0. The Bertz CT molecular complexity index is 607. The lowest BCUT2D eigenvalue weighted by Gasteiger charge is -2.20. The summed E-state index contributed by atoms with van der Waals surface area (Å²) in [5.41, 5.74) is 6.65. The zero-order valence-corrected chi connectivity index (χ0v) is 13.2. The SMILES string of the molecule is CC1CN(S(=O)(=O)c2cc(CN)n(C3CC3)c2)CCCO1. The molecule has 2 N–H and O–H groups in total. The molecule has 1 saturated carbocycles. The Labute approximate surface area is 125 Å². The molecule has 1 saturated heterocycles. The van der Waals surface area contributed by atoms with Gasteiger partial charge in [0.25, 0.3) is 0 Å². The molecule has 21 heavy (non-hydrogen) atoms. The van der Waals surface area contributed by atoms with Crippen LogP contribution in [0.15, 0.2) is 17.2 Å². The Kier molecular flexibility index (Phi) is 4.09. The van der Waals surface area contributed by atoms with E-state index in [2.05, 4.69) is 0 Å². The molecule has 1 atom stereocenters. The highest BCUT2D eigenvalue weighted by atomic mass is 32.2. The Balaban J connectivity index is 1.90. The summed E-state index contributed by atoms with van der Waals surface area (Å²) in [6.45, 7) is 3.82. The molecule has 0 spiro atoms. The average Bonchev–Trinajstić information content (AvgIpc) is 3.23. The lowest BCUT2D eigenvalue weighted by Crippen LogP contribution is -2.35. The minimum absolute atomic E-state index is 0.0678. The molecule has 2 aliphatic rings. The first kappa shape index (κ1) is 15.0. The van der Waals surface area contributed by atoms with E-state index in [1.807, 2.05) is 11.5 Å². The summed E-state index contributed by atoms with van der Waals surface area (Å²) >= 11 is 0. The molecular weight excluding hydrogens is 290 g/mol. The normalized spacial score (nSPS) is 25.0. The van der Waals surface area contributed by atoms with Crippen molar-refractivity contribution in [3.05, 3.63) is 18.0 Å². The van der Waals surface area contributed by atoms with Crippen molar-refractivity contribution in [1.29, 1.82) is 0 Å². The predicted octanol–water partition coefficient (Wildman–Crippen LogP) is 1.08. The first-order valence-electron chi connectivity index (χ1n) is 7.55. The quantitative estimate of drug-likeness (QED) is 0.902. The van der Waals surface area contributed by atoms with E-state index >= 15 is 0 Å². The first-order chi connectivity index (χ1) is 10.0. The van der Waals surface area contributed by atoms with Crippen molar-refractivity contribution in [2.45, 2.75) is 49.8 Å². The Morgan fingerprint density at radius 3 is 2.86 bits per heavy atom. The topological polar surface area (TPSA) is 77.6 Å². The van der Waals surface area contributed by atoms with Crippen LogP contribution in [0.4, 0.5) is 0 Å². The van der Waals surface area contributed by atoms with Crippen LogP contribution in [0.2, 0.25) is 0 Å². The van der Waals surface area contributed by atoms with Crippen LogP contribution in [-0.2, 0) is 21.3 Å². The molecule has 0 radical (unpaired) electrons. The Morgan fingerprint density at radius 1 is 1.43 bits per heavy atom. The number of rotatable bonds is 4. The highest BCUT2D eigenvalue weighted by molar-refractivity contribution is 7.89. The van der Waals surface area contributed by atoms with Crippen LogP contribution in [0, 0.1) is 0 Å². The van der Waals surface area contributed by atoms with Crippen molar-refractivity contribution in [2.24, 2.45) is 5.73 Å². The molecule has 1 unspecified atom stereocenters. The van der Waals surface area contributed by atoms with Crippen molar-refractivity contribution < 1.29 is 13.2 Å². The second-order valence-electron chi connectivity index (χ2n) is 5.91. The van der Waals surface area contributed by atoms with Gasteiger partial charge in [0.2, 0.25) is 10.0 Å². The van der Waals surface area contributed by atoms with Crippen LogP contribution >= 0.6 is 0 Å². The third-order valence-electron chi connectivity index (χ3n) is 4.11. The maximum atomic E-state index is 12.8. The minimum Gasteiger partial charge on any atom is -0.377 e. The van der Waals surface area contributed by atoms with Gasteiger partial charge in [0.1, 0.15) is 4.90 Å². The van der Waals surface area contributed by atoms with Crippen LogP contribution in [0.1, 0.15) is 37.9 Å². The summed E-state index contributed by atoms with van der Waals surface area (Å²) in [4.78, 5) is 0.365. The summed E-state index contributed by atoms with van der Waals surface area (Å²) in [5.74, 6) is 0. The number of aromatic nitrogens is 1. The lowest BCUT2D eigenvalue weighted by molar-refractivity contribution is 0.0752. The molecule has 0 bridgehead atoms. The van der Waals surface area contributed by atoms with E-state index in [0.29, 0.717) is 37.2 Å². The van der Waals surface area contributed by atoms with Gasteiger partial charge >= 0.3 is 0 Å². The van der Waals surface area contributed by atoms with Gasteiger partial charge in [-0.3, -0.25) is 0 Å². The molecule has 2 fully saturated rings. The first-order valence-corrected chi connectivity index (χ1v) is 8.99. The fourth-order valence-electron chi connectivity index (χ4n) is 2.82. The van der Waals surface area contributed by atoms with Crippen molar-refractivity contribution in [2.75, 3.05) is 19.7 Å². The number of ether oxygens (including phenoxy) is 1. The van der Waals surface area contributed by atoms with E-state index < -0.39 is 10.0 Å². The molecule has 7 heteroatoms. The van der Waals surface area contributed by atoms with Crippen LogP contribution in [0.3, 0.4) is 0 Å². The third kappa shape index (κ3) is 3.01. The van der Waals surface area contributed by atoms with Gasteiger partial charge in [-0.15, -0.1) is 0 Å². The van der Waals surface area contributed by atoms with E-state index in [1.165, 1.54) is 4.31 Å². The van der Waals surface area contributed by atoms with E-state index in [4.69, 9.17) is 10.5 Å². The van der Waals surface area contributed by atoms with Gasteiger partial charge in [-0.2, -0.15) is 4.31 Å².